The van der Waals surface area contributed by atoms with E-state index in [4.69, 9.17) is 4.74 Å². The topological polar surface area (TPSA) is 67.4 Å². The van der Waals surface area contributed by atoms with Crippen LogP contribution in [0.25, 0.3) is 0 Å². The first-order chi connectivity index (χ1) is 10.2. The van der Waals surface area contributed by atoms with E-state index in [2.05, 4.69) is 10.6 Å². The van der Waals surface area contributed by atoms with E-state index in [1.54, 1.807) is 13.2 Å². The van der Waals surface area contributed by atoms with Crippen LogP contribution in [0.5, 0.6) is 5.75 Å². The van der Waals surface area contributed by atoms with Crippen molar-refractivity contribution >= 4 is 17.5 Å². The van der Waals surface area contributed by atoms with Crippen molar-refractivity contribution in [1.29, 1.82) is 0 Å². The fraction of sp³-hybridized carbons (Fsp3) is 0.529. The van der Waals surface area contributed by atoms with Gasteiger partial charge in [-0.05, 0) is 58.2 Å². The van der Waals surface area contributed by atoms with Crippen LogP contribution in [-0.4, -0.2) is 24.5 Å². The molecule has 5 heteroatoms. The smallest absolute Gasteiger partial charge is 0.240 e. The van der Waals surface area contributed by atoms with E-state index in [9.17, 15) is 9.59 Å². The summed E-state index contributed by atoms with van der Waals surface area (Å²) in [5, 5.41) is 5.74. The number of methoxy groups -OCH3 is 1. The van der Waals surface area contributed by atoms with Crippen LogP contribution in [-0.2, 0) is 9.59 Å². The summed E-state index contributed by atoms with van der Waals surface area (Å²) in [5.74, 6) is 0.119. The van der Waals surface area contributed by atoms with E-state index >= 15 is 0 Å². The molecule has 2 amide bonds. The summed E-state index contributed by atoms with van der Waals surface area (Å²) in [4.78, 5) is 25.0. The maximum Gasteiger partial charge on any atom is 0.240 e. The van der Waals surface area contributed by atoms with E-state index in [0.717, 1.165) is 5.56 Å². The second-order valence-electron chi connectivity index (χ2n) is 6.94. The van der Waals surface area contributed by atoms with Crippen molar-refractivity contribution in [2.75, 3.05) is 12.4 Å². The van der Waals surface area contributed by atoms with Crippen molar-refractivity contribution in [3.05, 3.63) is 23.8 Å². The van der Waals surface area contributed by atoms with Gasteiger partial charge in [0.1, 0.15) is 11.2 Å². The molecular weight excluding hydrogens is 280 g/mol. The largest absolute Gasteiger partial charge is 0.495 e. The Labute approximate surface area is 131 Å². The van der Waals surface area contributed by atoms with Crippen molar-refractivity contribution in [2.45, 2.75) is 46.1 Å². The van der Waals surface area contributed by atoms with Crippen LogP contribution >= 0.6 is 0 Å². The minimum absolute atomic E-state index is 0.205. The zero-order chi connectivity index (χ0) is 16.5. The fourth-order valence-electron chi connectivity index (χ4n) is 2.30. The van der Waals surface area contributed by atoms with Gasteiger partial charge in [-0.2, -0.15) is 0 Å². The molecule has 1 aliphatic rings. The molecule has 2 N–H and O–H groups in total. The van der Waals surface area contributed by atoms with Crippen LogP contribution in [0, 0.1) is 12.3 Å². The molecule has 1 aliphatic carbocycles. The summed E-state index contributed by atoms with van der Waals surface area (Å²) in [6.45, 7) is 7.65. The molecule has 0 aromatic heterocycles. The molecule has 0 heterocycles. The first kappa shape index (κ1) is 16.3. The Morgan fingerprint density at radius 1 is 1.18 bits per heavy atom. The number of nitrogens with one attached hydrogen (secondary N) is 2. The number of carbonyl (C=O) groups is 2. The van der Waals surface area contributed by atoms with Gasteiger partial charge in [0, 0.05) is 5.54 Å². The minimum atomic E-state index is -0.942. The molecule has 1 fully saturated rings. The molecule has 1 aromatic rings. The highest BCUT2D eigenvalue weighted by Gasteiger charge is 2.57. The molecule has 1 saturated carbocycles. The molecule has 5 nitrogen and oxygen atoms in total. The lowest BCUT2D eigenvalue weighted by atomic mass is 10.0. The molecule has 0 radical (unpaired) electrons. The van der Waals surface area contributed by atoms with Crippen LogP contribution in [0.15, 0.2) is 18.2 Å². The summed E-state index contributed by atoms with van der Waals surface area (Å²) in [5.41, 5.74) is 0.318. The Morgan fingerprint density at radius 3 is 2.32 bits per heavy atom. The molecule has 0 aliphatic heterocycles. The quantitative estimate of drug-likeness (QED) is 0.840. The highest BCUT2D eigenvalue weighted by molar-refractivity contribution is 6.13. The normalized spacial score (nSPS) is 15.9. The van der Waals surface area contributed by atoms with Crippen LogP contribution in [0.3, 0.4) is 0 Å². The molecule has 1 aromatic carbocycles. The zero-order valence-corrected chi connectivity index (χ0v) is 13.9. The van der Waals surface area contributed by atoms with E-state index in [1.807, 2.05) is 39.8 Å². The monoisotopic (exact) mass is 304 g/mol. The lowest BCUT2D eigenvalue weighted by Gasteiger charge is -2.24. The molecule has 2 rings (SSSR count). The summed E-state index contributed by atoms with van der Waals surface area (Å²) in [6.07, 6.45) is 1.16. The van der Waals surface area contributed by atoms with Crippen LogP contribution < -0.4 is 15.4 Å². The summed E-state index contributed by atoms with van der Waals surface area (Å²) >= 11 is 0. The van der Waals surface area contributed by atoms with Gasteiger partial charge in [0.2, 0.25) is 11.8 Å². The van der Waals surface area contributed by atoms with Gasteiger partial charge in [0.15, 0.2) is 0 Å². The predicted molar refractivity (Wildman–Crippen MR) is 85.9 cm³/mol. The number of carbonyl (C=O) groups excluding carboxylic acids is 2. The van der Waals surface area contributed by atoms with Gasteiger partial charge >= 0.3 is 0 Å². The minimum Gasteiger partial charge on any atom is -0.495 e. The first-order valence-electron chi connectivity index (χ1n) is 7.47. The van der Waals surface area contributed by atoms with Gasteiger partial charge in [-0.15, -0.1) is 0 Å². The van der Waals surface area contributed by atoms with Crippen LogP contribution in [0.4, 0.5) is 5.69 Å². The number of amides is 2. The SMILES string of the molecule is COc1ccc(C)cc1NC(=O)C1(C(=O)NC(C)(C)C)CC1. The summed E-state index contributed by atoms with van der Waals surface area (Å²) in [6, 6.07) is 5.56. The maximum absolute atomic E-state index is 12.6. The Bertz CT molecular complexity index is 598. The van der Waals surface area contributed by atoms with Gasteiger partial charge in [-0.25, -0.2) is 0 Å². The highest BCUT2D eigenvalue weighted by Crippen LogP contribution is 2.47. The lowest BCUT2D eigenvalue weighted by molar-refractivity contribution is -0.135. The maximum atomic E-state index is 12.6. The van der Waals surface area contributed by atoms with Crippen molar-refractivity contribution < 1.29 is 14.3 Å². The molecular formula is C17H24N2O3. The zero-order valence-electron chi connectivity index (χ0n) is 13.9. The van der Waals surface area contributed by atoms with Crippen molar-refractivity contribution in [1.82, 2.24) is 5.32 Å². The Kier molecular flexibility index (Phi) is 4.18. The molecule has 120 valence electrons. The number of hydrogen-bond acceptors (Lipinski definition) is 3. The third-order valence-corrected chi connectivity index (χ3v) is 3.71. The van der Waals surface area contributed by atoms with Crippen molar-refractivity contribution in [3.8, 4) is 5.75 Å². The van der Waals surface area contributed by atoms with Crippen LogP contribution in [0.1, 0.15) is 39.2 Å². The first-order valence-corrected chi connectivity index (χ1v) is 7.47. The van der Waals surface area contributed by atoms with Gasteiger partial charge in [0.25, 0.3) is 0 Å². The van der Waals surface area contributed by atoms with Crippen LogP contribution in [0.2, 0.25) is 0 Å². The third kappa shape index (κ3) is 3.40. The summed E-state index contributed by atoms with van der Waals surface area (Å²) in [7, 11) is 1.56. The predicted octanol–water partition coefficient (Wildman–Crippen LogP) is 2.64. The van der Waals surface area contributed by atoms with Gasteiger partial charge in [-0.3, -0.25) is 9.59 Å². The Balaban J connectivity index is 2.16. The number of hydrogen-bond donors (Lipinski definition) is 2. The average Bonchev–Trinajstić information content (AvgIpc) is 3.18. The molecule has 0 saturated heterocycles. The molecule has 0 atom stereocenters. The molecule has 0 unspecified atom stereocenters. The molecule has 0 bridgehead atoms. The second-order valence-corrected chi connectivity index (χ2v) is 6.94. The Hall–Kier alpha value is -2.04. The van der Waals surface area contributed by atoms with E-state index in [0.29, 0.717) is 24.3 Å². The van der Waals surface area contributed by atoms with E-state index < -0.39 is 5.41 Å². The van der Waals surface area contributed by atoms with Crippen molar-refractivity contribution in [2.24, 2.45) is 5.41 Å². The van der Waals surface area contributed by atoms with E-state index in [1.165, 1.54) is 0 Å². The van der Waals surface area contributed by atoms with Gasteiger partial charge in [0.05, 0.1) is 12.8 Å². The number of anilines is 1. The number of ether oxygens (including phenoxy) is 1. The fourth-order valence-corrected chi connectivity index (χ4v) is 2.30. The number of benzene rings is 1. The number of aryl methyl sites for hydroxylation is 1. The Morgan fingerprint density at radius 2 is 1.82 bits per heavy atom. The highest BCUT2D eigenvalue weighted by atomic mass is 16.5. The third-order valence-electron chi connectivity index (χ3n) is 3.71. The average molecular weight is 304 g/mol. The molecule has 22 heavy (non-hydrogen) atoms. The van der Waals surface area contributed by atoms with Gasteiger partial charge < -0.3 is 15.4 Å². The lowest BCUT2D eigenvalue weighted by Crippen LogP contribution is -2.48. The van der Waals surface area contributed by atoms with E-state index in [-0.39, 0.29) is 17.4 Å². The van der Waals surface area contributed by atoms with Gasteiger partial charge in [-0.1, -0.05) is 6.07 Å². The second kappa shape index (κ2) is 5.63. The summed E-state index contributed by atoms with van der Waals surface area (Å²) < 4.78 is 5.26. The standard InChI is InChI=1S/C17H24N2O3/c1-11-6-7-13(22-5)12(10-11)18-14(20)17(8-9-17)15(21)19-16(2,3)4/h6-7,10H,8-9H2,1-5H3,(H,18,20)(H,19,21). The molecule has 0 spiro atoms. The number of rotatable bonds is 4. The van der Waals surface area contributed by atoms with Crippen molar-refractivity contribution in [3.63, 3.8) is 0 Å².